The number of halogens is 1. The van der Waals surface area contributed by atoms with Gasteiger partial charge in [0.25, 0.3) is 0 Å². The van der Waals surface area contributed by atoms with E-state index in [4.69, 9.17) is 0 Å². The number of rotatable bonds is 8. The molecule has 0 saturated heterocycles. The first kappa shape index (κ1) is 20.6. The van der Waals surface area contributed by atoms with E-state index in [1.807, 2.05) is 53.6 Å². The summed E-state index contributed by atoms with van der Waals surface area (Å²) < 4.78 is 16.3. The van der Waals surface area contributed by atoms with Gasteiger partial charge in [-0.25, -0.2) is 4.39 Å². The van der Waals surface area contributed by atoms with Gasteiger partial charge in [0.2, 0.25) is 5.91 Å². The van der Waals surface area contributed by atoms with Gasteiger partial charge in [-0.05, 0) is 44.4 Å². The van der Waals surface area contributed by atoms with E-state index in [-0.39, 0.29) is 23.0 Å². The number of amides is 1. The minimum Gasteiger partial charge on any atom is -0.338 e. The summed E-state index contributed by atoms with van der Waals surface area (Å²) in [4.78, 5) is 14.9. The molecule has 1 aromatic heterocycles. The van der Waals surface area contributed by atoms with Crippen LogP contribution < -0.4 is 0 Å². The van der Waals surface area contributed by atoms with Crippen LogP contribution in [-0.2, 0) is 11.3 Å². The van der Waals surface area contributed by atoms with E-state index in [1.54, 1.807) is 18.2 Å². The second-order valence-corrected chi connectivity index (χ2v) is 8.79. The lowest BCUT2D eigenvalue weighted by Crippen LogP contribution is -2.36. The molecule has 156 valence electrons. The van der Waals surface area contributed by atoms with E-state index in [9.17, 15) is 9.18 Å². The second-order valence-electron chi connectivity index (χ2n) is 7.49. The highest BCUT2D eigenvalue weighted by atomic mass is 32.2. The molecule has 1 amide bonds. The average Bonchev–Trinajstić information content (AvgIpc) is 3.53. The molecular formula is C23H25FN4OS. The molecule has 1 aliphatic rings. The van der Waals surface area contributed by atoms with Gasteiger partial charge in [-0.15, -0.1) is 10.2 Å². The van der Waals surface area contributed by atoms with Crippen LogP contribution in [0.1, 0.15) is 38.3 Å². The molecule has 0 bridgehead atoms. The molecular weight excluding hydrogens is 399 g/mol. The maximum atomic E-state index is 14.3. The summed E-state index contributed by atoms with van der Waals surface area (Å²) in [5.74, 6) is 0.283. The van der Waals surface area contributed by atoms with Gasteiger partial charge >= 0.3 is 0 Å². The Hall–Kier alpha value is -2.67. The first-order chi connectivity index (χ1) is 14.6. The average molecular weight is 425 g/mol. The van der Waals surface area contributed by atoms with E-state index in [2.05, 4.69) is 10.2 Å². The van der Waals surface area contributed by atoms with Crippen molar-refractivity contribution >= 4 is 17.7 Å². The number of hydrogen-bond acceptors (Lipinski definition) is 4. The van der Waals surface area contributed by atoms with Crippen LogP contribution in [-0.4, -0.2) is 37.4 Å². The van der Waals surface area contributed by atoms with Crippen LogP contribution in [0.25, 0.3) is 11.4 Å². The zero-order chi connectivity index (χ0) is 21.1. The van der Waals surface area contributed by atoms with Crippen LogP contribution in [0, 0.1) is 5.82 Å². The van der Waals surface area contributed by atoms with Crippen molar-refractivity contribution in [3.63, 3.8) is 0 Å². The van der Waals surface area contributed by atoms with Crippen molar-refractivity contribution in [1.29, 1.82) is 0 Å². The Morgan fingerprint density at radius 2 is 1.87 bits per heavy atom. The zero-order valence-electron chi connectivity index (χ0n) is 17.2. The van der Waals surface area contributed by atoms with Crippen molar-refractivity contribution in [3.05, 3.63) is 66.0 Å². The standard InChI is InChI=1S/C23H25FN4OS/c1-3-27(15-17-9-5-4-6-10-17)22(29)16(2)30-23-26-25-21(28(23)18-13-14-18)19-11-7-8-12-20(19)24/h4-12,16,18H,3,13-15H2,1-2H3. The van der Waals surface area contributed by atoms with Gasteiger partial charge in [0, 0.05) is 19.1 Å². The SMILES string of the molecule is CCN(Cc1ccccc1)C(=O)C(C)Sc1nnc(-c2ccccc2F)n1C1CC1. The molecule has 1 aliphatic carbocycles. The minimum absolute atomic E-state index is 0.0594. The van der Waals surface area contributed by atoms with E-state index < -0.39 is 0 Å². The van der Waals surface area contributed by atoms with Gasteiger partial charge in [-0.1, -0.05) is 54.2 Å². The molecule has 1 saturated carbocycles. The van der Waals surface area contributed by atoms with Crippen molar-refractivity contribution in [2.24, 2.45) is 0 Å². The van der Waals surface area contributed by atoms with E-state index >= 15 is 0 Å². The molecule has 1 heterocycles. The van der Waals surface area contributed by atoms with Gasteiger partial charge in [0.15, 0.2) is 11.0 Å². The first-order valence-electron chi connectivity index (χ1n) is 10.3. The van der Waals surface area contributed by atoms with Gasteiger partial charge in [0.05, 0.1) is 10.8 Å². The molecule has 5 nitrogen and oxygen atoms in total. The second kappa shape index (κ2) is 9.00. The van der Waals surface area contributed by atoms with Crippen molar-refractivity contribution in [1.82, 2.24) is 19.7 Å². The van der Waals surface area contributed by atoms with Crippen LogP contribution in [0.5, 0.6) is 0 Å². The summed E-state index contributed by atoms with van der Waals surface area (Å²) in [5, 5.41) is 8.96. The molecule has 4 rings (SSSR count). The molecule has 0 N–H and O–H groups in total. The van der Waals surface area contributed by atoms with Crippen LogP contribution >= 0.6 is 11.8 Å². The van der Waals surface area contributed by atoms with Gasteiger partial charge in [-0.2, -0.15) is 0 Å². The van der Waals surface area contributed by atoms with E-state index in [1.165, 1.54) is 17.8 Å². The normalized spacial score (nSPS) is 14.5. The van der Waals surface area contributed by atoms with Crippen LogP contribution in [0.2, 0.25) is 0 Å². The Morgan fingerprint density at radius 3 is 2.53 bits per heavy atom. The molecule has 1 fully saturated rings. The fourth-order valence-electron chi connectivity index (χ4n) is 3.46. The maximum Gasteiger partial charge on any atom is 0.236 e. The maximum absolute atomic E-state index is 14.3. The number of carbonyl (C=O) groups is 1. The Kier molecular flexibility index (Phi) is 6.18. The molecule has 1 atom stereocenters. The van der Waals surface area contributed by atoms with E-state index in [0.29, 0.717) is 29.6 Å². The number of benzene rings is 2. The van der Waals surface area contributed by atoms with Crippen LogP contribution in [0.4, 0.5) is 4.39 Å². The number of aromatic nitrogens is 3. The Balaban J connectivity index is 1.53. The monoisotopic (exact) mass is 424 g/mol. The minimum atomic E-state index is -0.316. The predicted molar refractivity (Wildman–Crippen MR) is 117 cm³/mol. The predicted octanol–water partition coefficient (Wildman–Crippen LogP) is 4.95. The third-order valence-corrected chi connectivity index (χ3v) is 6.28. The lowest BCUT2D eigenvalue weighted by molar-refractivity contribution is -0.130. The largest absolute Gasteiger partial charge is 0.338 e. The van der Waals surface area contributed by atoms with Crippen LogP contribution in [0.3, 0.4) is 0 Å². The number of nitrogens with zero attached hydrogens (tertiary/aromatic N) is 4. The van der Waals surface area contributed by atoms with Crippen molar-refractivity contribution < 1.29 is 9.18 Å². The third-order valence-electron chi connectivity index (χ3n) is 5.23. The summed E-state index contributed by atoms with van der Waals surface area (Å²) in [6.07, 6.45) is 2.04. The Morgan fingerprint density at radius 1 is 1.17 bits per heavy atom. The van der Waals surface area contributed by atoms with Gasteiger partial charge in [0.1, 0.15) is 5.82 Å². The summed E-state index contributed by atoms with van der Waals surface area (Å²) in [7, 11) is 0. The summed E-state index contributed by atoms with van der Waals surface area (Å²) in [6.45, 7) is 5.10. The molecule has 2 aromatic carbocycles. The molecule has 0 spiro atoms. The molecule has 0 aliphatic heterocycles. The molecule has 0 radical (unpaired) electrons. The number of carbonyl (C=O) groups excluding carboxylic acids is 1. The fraction of sp³-hybridized carbons (Fsp3) is 0.348. The van der Waals surface area contributed by atoms with Crippen LogP contribution in [0.15, 0.2) is 59.8 Å². The summed E-state index contributed by atoms with van der Waals surface area (Å²) >= 11 is 1.40. The van der Waals surface area contributed by atoms with E-state index in [0.717, 1.165) is 18.4 Å². The smallest absolute Gasteiger partial charge is 0.236 e. The lowest BCUT2D eigenvalue weighted by atomic mass is 10.2. The summed E-state index contributed by atoms with van der Waals surface area (Å²) in [6, 6.07) is 16.9. The van der Waals surface area contributed by atoms with Gasteiger partial charge < -0.3 is 4.90 Å². The van der Waals surface area contributed by atoms with Crippen molar-refractivity contribution in [3.8, 4) is 11.4 Å². The lowest BCUT2D eigenvalue weighted by Gasteiger charge is -2.24. The highest BCUT2D eigenvalue weighted by molar-refractivity contribution is 8.00. The molecule has 7 heteroatoms. The molecule has 3 aromatic rings. The summed E-state index contributed by atoms with van der Waals surface area (Å²) in [5.41, 5.74) is 1.55. The molecule has 1 unspecified atom stereocenters. The zero-order valence-corrected chi connectivity index (χ0v) is 18.0. The Labute approximate surface area is 180 Å². The molecule has 30 heavy (non-hydrogen) atoms. The topological polar surface area (TPSA) is 51.0 Å². The Bertz CT molecular complexity index is 1020. The highest BCUT2D eigenvalue weighted by Gasteiger charge is 2.32. The van der Waals surface area contributed by atoms with Crippen molar-refractivity contribution in [2.45, 2.75) is 49.7 Å². The number of hydrogen-bond donors (Lipinski definition) is 0. The third kappa shape index (κ3) is 4.41. The first-order valence-corrected chi connectivity index (χ1v) is 11.2. The fourth-order valence-corrected chi connectivity index (χ4v) is 4.46. The number of thioether (sulfide) groups is 1. The highest BCUT2D eigenvalue weighted by Crippen LogP contribution is 2.42. The van der Waals surface area contributed by atoms with Crippen molar-refractivity contribution in [2.75, 3.05) is 6.54 Å². The van der Waals surface area contributed by atoms with Gasteiger partial charge in [-0.3, -0.25) is 9.36 Å². The quantitative estimate of drug-likeness (QED) is 0.480.